The highest BCUT2D eigenvalue weighted by atomic mass is 32.2. The van der Waals surface area contributed by atoms with E-state index < -0.39 is 16.0 Å². The predicted molar refractivity (Wildman–Crippen MR) is 83.1 cm³/mol. The molecule has 8 heteroatoms. The molecule has 0 unspecified atom stereocenters. The van der Waals surface area contributed by atoms with Gasteiger partial charge < -0.3 is 14.6 Å². The van der Waals surface area contributed by atoms with Crippen molar-refractivity contribution in [2.75, 3.05) is 33.9 Å². The molecule has 1 N–H and O–H groups in total. The van der Waals surface area contributed by atoms with E-state index in [0.29, 0.717) is 25.3 Å². The fourth-order valence-electron chi connectivity index (χ4n) is 2.54. The van der Waals surface area contributed by atoms with Gasteiger partial charge in [-0.3, -0.25) is 4.79 Å². The quantitative estimate of drug-likeness (QED) is 0.793. The second kappa shape index (κ2) is 6.46. The Hall–Kier alpha value is -1.64. The molecule has 0 spiro atoms. The number of hydrogen-bond donors (Lipinski definition) is 1. The molecule has 0 bridgehead atoms. The second-order valence-corrected chi connectivity index (χ2v) is 8.13. The molecule has 1 fully saturated rings. The highest BCUT2D eigenvalue weighted by Crippen LogP contribution is 2.32. The number of carbonyl (C=O) groups is 1. The zero-order valence-electron chi connectivity index (χ0n) is 13.4. The summed E-state index contributed by atoms with van der Waals surface area (Å²) in [5.41, 5.74) is 0.205. The third-order valence-electron chi connectivity index (χ3n) is 3.78. The zero-order valence-corrected chi connectivity index (χ0v) is 14.2. The minimum absolute atomic E-state index is 0.0231. The Morgan fingerprint density at radius 2 is 2.09 bits per heavy atom. The molecule has 0 aromatic heterocycles. The monoisotopic (exact) mass is 343 g/mol. The molecular weight excluding hydrogens is 322 g/mol. The van der Waals surface area contributed by atoms with Gasteiger partial charge in [-0.2, -0.15) is 0 Å². The van der Waals surface area contributed by atoms with E-state index in [1.54, 1.807) is 6.07 Å². The molecule has 23 heavy (non-hydrogen) atoms. The maximum Gasteiger partial charge on any atom is 0.307 e. The van der Waals surface area contributed by atoms with Crippen molar-refractivity contribution < 1.29 is 27.8 Å². The number of carboxylic acid groups (broad SMARTS) is 1. The average Bonchev–Trinajstić information content (AvgIpc) is 2.44. The van der Waals surface area contributed by atoms with Gasteiger partial charge in [-0.25, -0.2) is 12.7 Å². The number of aliphatic carboxylic acids is 1. The molecule has 7 nitrogen and oxygen atoms in total. The first kappa shape index (κ1) is 17.7. The molecule has 1 aromatic carbocycles. The number of nitrogens with zero attached hydrogens (tertiary/aromatic N) is 1. The van der Waals surface area contributed by atoms with Crippen LogP contribution in [0.3, 0.4) is 0 Å². The van der Waals surface area contributed by atoms with E-state index in [-0.39, 0.29) is 22.5 Å². The van der Waals surface area contributed by atoms with Crippen LogP contribution in [-0.4, -0.2) is 57.7 Å². The predicted octanol–water partition coefficient (Wildman–Crippen LogP) is 0.979. The summed E-state index contributed by atoms with van der Waals surface area (Å²) in [4.78, 5) is 10.8. The van der Waals surface area contributed by atoms with E-state index in [2.05, 4.69) is 0 Å². The van der Waals surface area contributed by atoms with Gasteiger partial charge in [0.2, 0.25) is 10.0 Å². The lowest BCUT2D eigenvalue weighted by Crippen LogP contribution is -2.49. The molecule has 0 radical (unpaired) electrons. The summed E-state index contributed by atoms with van der Waals surface area (Å²) in [6.07, 6.45) is -0.248. The summed E-state index contributed by atoms with van der Waals surface area (Å²) in [7, 11) is -0.906. The Balaban J connectivity index is 2.34. The van der Waals surface area contributed by atoms with Crippen LogP contribution in [0.1, 0.15) is 12.5 Å². The first-order chi connectivity index (χ1) is 10.7. The minimum Gasteiger partial charge on any atom is -0.495 e. The van der Waals surface area contributed by atoms with Crippen LogP contribution in [0.4, 0.5) is 0 Å². The normalized spacial score (nSPS) is 16.9. The number of sulfonamides is 1. The highest BCUT2D eigenvalue weighted by Gasteiger charge is 2.38. The summed E-state index contributed by atoms with van der Waals surface area (Å²) in [5, 5.41) is 8.88. The zero-order chi connectivity index (χ0) is 17.3. The molecule has 1 heterocycles. The lowest BCUT2D eigenvalue weighted by Gasteiger charge is -2.40. The number of methoxy groups -OCH3 is 1. The van der Waals surface area contributed by atoms with Gasteiger partial charge in [0.15, 0.2) is 0 Å². The lowest BCUT2D eigenvalue weighted by atomic mass is 9.89. The number of benzene rings is 1. The van der Waals surface area contributed by atoms with Crippen LogP contribution >= 0.6 is 0 Å². The van der Waals surface area contributed by atoms with Crippen LogP contribution < -0.4 is 4.74 Å². The summed E-state index contributed by atoms with van der Waals surface area (Å²) in [6, 6.07) is 4.39. The van der Waals surface area contributed by atoms with E-state index in [9.17, 15) is 13.2 Å². The highest BCUT2D eigenvalue weighted by molar-refractivity contribution is 7.89. The first-order valence-electron chi connectivity index (χ1n) is 7.11. The molecule has 1 aliphatic heterocycles. The van der Waals surface area contributed by atoms with Gasteiger partial charge in [0, 0.05) is 19.0 Å². The lowest BCUT2D eigenvalue weighted by molar-refractivity contribution is -0.136. The van der Waals surface area contributed by atoms with Crippen LogP contribution in [0.25, 0.3) is 0 Å². The maximum absolute atomic E-state index is 12.8. The van der Waals surface area contributed by atoms with Gasteiger partial charge in [-0.15, -0.1) is 0 Å². The molecule has 128 valence electrons. The molecule has 0 atom stereocenters. The largest absolute Gasteiger partial charge is 0.495 e. The van der Waals surface area contributed by atoms with Gasteiger partial charge in [0.25, 0.3) is 0 Å². The summed E-state index contributed by atoms with van der Waals surface area (Å²) >= 11 is 0. The van der Waals surface area contributed by atoms with Crippen molar-refractivity contribution in [1.82, 2.24) is 4.31 Å². The third kappa shape index (κ3) is 3.82. The van der Waals surface area contributed by atoms with Crippen LogP contribution in [0.15, 0.2) is 23.1 Å². The molecule has 1 aromatic rings. The topological polar surface area (TPSA) is 93.1 Å². The van der Waals surface area contributed by atoms with Crippen molar-refractivity contribution >= 4 is 16.0 Å². The van der Waals surface area contributed by atoms with Crippen LogP contribution in [0, 0.1) is 5.41 Å². The molecule has 2 rings (SSSR count). The van der Waals surface area contributed by atoms with Gasteiger partial charge >= 0.3 is 5.97 Å². The van der Waals surface area contributed by atoms with E-state index in [0.717, 1.165) is 0 Å². The number of hydrogen-bond acceptors (Lipinski definition) is 5. The smallest absolute Gasteiger partial charge is 0.307 e. The van der Waals surface area contributed by atoms with Crippen LogP contribution in [-0.2, 0) is 26.0 Å². The Kier molecular flexibility index (Phi) is 4.98. The van der Waals surface area contributed by atoms with Crippen LogP contribution in [0.2, 0.25) is 0 Å². The third-order valence-corrected chi connectivity index (χ3v) is 5.60. The Morgan fingerprint density at radius 3 is 2.57 bits per heavy atom. The first-order valence-corrected chi connectivity index (χ1v) is 8.55. The summed E-state index contributed by atoms with van der Waals surface area (Å²) in [6.45, 7) is 3.31. The van der Waals surface area contributed by atoms with E-state index in [1.165, 1.54) is 30.6 Å². The summed E-state index contributed by atoms with van der Waals surface area (Å²) in [5.74, 6) is -0.827. The van der Waals surface area contributed by atoms with E-state index in [4.69, 9.17) is 14.6 Å². The van der Waals surface area contributed by atoms with Crippen molar-refractivity contribution in [2.45, 2.75) is 18.2 Å². The maximum atomic E-state index is 12.8. The average molecular weight is 343 g/mol. The molecule has 1 saturated heterocycles. The van der Waals surface area contributed by atoms with Crippen molar-refractivity contribution in [3.05, 3.63) is 23.8 Å². The number of ether oxygens (including phenoxy) is 2. The Labute approximate surface area is 135 Å². The second-order valence-electron chi connectivity index (χ2n) is 6.12. The van der Waals surface area contributed by atoms with Crippen LogP contribution in [0.5, 0.6) is 5.75 Å². The van der Waals surface area contributed by atoms with Crippen molar-refractivity contribution in [3.63, 3.8) is 0 Å². The van der Waals surface area contributed by atoms with E-state index in [1.807, 2.05) is 6.92 Å². The molecule has 0 aliphatic carbocycles. The standard InChI is InChI=1S/C15H21NO6S/c1-15(9-22-10-15)8-16(2)23(19,20)13-6-11(7-14(17)18)4-5-12(13)21-3/h4-6H,7-10H2,1-3H3,(H,17,18). The Bertz CT molecular complexity index is 696. The SMILES string of the molecule is COc1ccc(CC(=O)O)cc1S(=O)(=O)N(C)CC1(C)COC1. The molecular formula is C15H21NO6S. The van der Waals surface area contributed by atoms with Gasteiger partial charge in [-0.05, 0) is 17.7 Å². The fraction of sp³-hybridized carbons (Fsp3) is 0.533. The Morgan fingerprint density at radius 1 is 1.43 bits per heavy atom. The van der Waals surface area contributed by atoms with Gasteiger partial charge in [0.05, 0.1) is 26.7 Å². The minimum atomic E-state index is -3.79. The number of rotatable bonds is 7. The summed E-state index contributed by atoms with van der Waals surface area (Å²) < 4.78 is 37.2. The van der Waals surface area contributed by atoms with Crippen molar-refractivity contribution in [1.29, 1.82) is 0 Å². The van der Waals surface area contributed by atoms with E-state index >= 15 is 0 Å². The number of carboxylic acids is 1. The molecule has 1 aliphatic rings. The van der Waals surface area contributed by atoms with Gasteiger partial charge in [-0.1, -0.05) is 13.0 Å². The molecule has 0 amide bonds. The van der Waals surface area contributed by atoms with Crippen molar-refractivity contribution in [3.8, 4) is 5.75 Å². The van der Waals surface area contributed by atoms with Crippen molar-refractivity contribution in [2.24, 2.45) is 5.41 Å². The van der Waals surface area contributed by atoms with Gasteiger partial charge in [0.1, 0.15) is 10.6 Å². The fourth-order valence-corrected chi connectivity index (χ4v) is 4.06. The molecule has 0 saturated carbocycles.